The van der Waals surface area contributed by atoms with Crippen LogP contribution in [0.1, 0.15) is 0 Å². The molecule has 0 nitrogen and oxygen atoms in total. The van der Waals surface area contributed by atoms with Gasteiger partial charge in [0, 0.05) is 67.7 Å². The van der Waals surface area contributed by atoms with Crippen molar-refractivity contribution < 1.29 is 84.8 Å². The minimum atomic E-state index is 0. The fourth-order valence-corrected chi connectivity index (χ4v) is 0. The zero-order valence-corrected chi connectivity index (χ0v) is 12.4. The summed E-state index contributed by atoms with van der Waals surface area (Å²) in [7, 11) is 0. The molecule has 0 unspecified atom stereocenters. The predicted molar refractivity (Wildman–Crippen MR) is 33.6 cm³/mol. The van der Waals surface area contributed by atoms with Gasteiger partial charge in [-0.15, -0.1) is 0 Å². The first kappa shape index (κ1) is 118. The van der Waals surface area contributed by atoms with Gasteiger partial charge in [0.2, 0.25) is 0 Å². The molecule has 0 aromatic rings. The molecule has 0 aliphatic rings. The molecule has 0 rings (SSSR count). The van der Waals surface area contributed by atoms with Crippen molar-refractivity contribution in [3.05, 3.63) is 0 Å². The van der Waals surface area contributed by atoms with E-state index in [1.165, 1.54) is 0 Å². The van der Waals surface area contributed by atoms with Crippen LogP contribution in [0.25, 0.3) is 0 Å². The van der Waals surface area contributed by atoms with E-state index in [0.717, 1.165) is 0 Å². The molecule has 71 valence electrons. The van der Waals surface area contributed by atoms with Crippen molar-refractivity contribution in [2.45, 2.75) is 0 Å². The molecular weight excluding hydrogens is 410 g/mol. The van der Waals surface area contributed by atoms with E-state index in [2.05, 4.69) is 0 Å². The van der Waals surface area contributed by atoms with Gasteiger partial charge in [0.25, 0.3) is 0 Å². The van der Waals surface area contributed by atoms with Crippen molar-refractivity contribution in [1.29, 1.82) is 0 Å². The normalized spacial score (nSPS) is 0. The van der Waals surface area contributed by atoms with Gasteiger partial charge in [-0.1, -0.05) is 0 Å². The number of hydrogen-bond acceptors (Lipinski definition) is 4. The van der Waals surface area contributed by atoms with Crippen molar-refractivity contribution in [2.75, 3.05) is 0 Å². The van der Waals surface area contributed by atoms with Crippen molar-refractivity contribution in [3.8, 4) is 0 Å². The van der Waals surface area contributed by atoms with Crippen LogP contribution in [-0.4, -0.2) is 0 Å². The first-order valence-electron chi connectivity index (χ1n) is 0. The minimum Gasteiger partial charge on any atom is -1.00 e. The Kier molecular flexibility index (Phi) is 1200. The fourth-order valence-electron chi connectivity index (χ4n) is 0. The van der Waals surface area contributed by atoms with E-state index in [-0.39, 0.29) is 139 Å². The van der Waals surface area contributed by atoms with Crippen LogP contribution in [0.2, 0.25) is 0 Å². The molecule has 0 atom stereocenters. The van der Waals surface area contributed by atoms with E-state index in [9.17, 15) is 0 Å². The van der Waals surface area contributed by atoms with Crippen LogP contribution in [0, 0.1) is 0 Å². The van der Waals surface area contributed by atoms with Crippen LogP contribution in [0.15, 0.2) is 0 Å². The summed E-state index contributed by atoms with van der Waals surface area (Å²) in [6.45, 7) is 0. The predicted octanol–water partition coefficient (Wildman–Crippen LogP) is -0.825. The Hall–Kier alpha value is 3.97. The summed E-state index contributed by atoms with van der Waals surface area (Å²) in [5.41, 5.74) is 0. The molecule has 9 heteroatoms. The molecule has 0 fully saturated rings. The third kappa shape index (κ3) is 75.5. The summed E-state index contributed by atoms with van der Waals surface area (Å²) in [6.07, 6.45) is 0. The van der Waals surface area contributed by atoms with Crippen LogP contribution >= 0.6 is 0 Å². The molecule has 0 amide bonds. The van der Waals surface area contributed by atoms with Crippen molar-refractivity contribution in [2.24, 2.45) is 0 Å². The van der Waals surface area contributed by atoms with Crippen molar-refractivity contribution in [3.63, 3.8) is 0 Å². The van der Waals surface area contributed by atoms with Gasteiger partial charge in [-0.25, -0.2) is 0 Å². The largest absolute Gasteiger partial charge is 2.00 e. The molecule has 0 heterocycles. The van der Waals surface area contributed by atoms with Gasteiger partial charge in [-0.2, -0.15) is 0 Å². The first-order chi connectivity index (χ1) is 0. The Labute approximate surface area is 137 Å². The summed E-state index contributed by atoms with van der Waals surface area (Å²) >= 11 is 0. The zero-order chi connectivity index (χ0) is 0. The second-order valence-corrected chi connectivity index (χ2v) is 0. The average molecular weight is 413 g/mol. The Balaban J connectivity index is 0. The molecule has 0 saturated heterocycles. The van der Waals surface area contributed by atoms with Gasteiger partial charge in [0.05, 0.1) is 0 Å². The number of hydrogen-bond donors (Lipinski definition) is 0. The standard InChI is InChI=1S/4Fe.Ni.3H2S.S/h;;;;;3*1H2;/q;;;+2;;;;;-1/p-3. The van der Waals surface area contributed by atoms with E-state index in [1.54, 1.807) is 0 Å². The van der Waals surface area contributed by atoms with Crippen molar-refractivity contribution in [1.82, 2.24) is 0 Å². The van der Waals surface area contributed by atoms with Crippen LogP contribution in [0.3, 0.4) is 0 Å². The van der Waals surface area contributed by atoms with E-state index in [1.807, 2.05) is 0 Å². The van der Waals surface area contributed by atoms with Crippen molar-refractivity contribution >= 4 is 54.0 Å². The summed E-state index contributed by atoms with van der Waals surface area (Å²) in [6, 6.07) is 0. The van der Waals surface area contributed by atoms with Gasteiger partial charge in [-0.05, 0) is 0 Å². The number of rotatable bonds is 0. The molecule has 0 aliphatic carbocycles. The molecular formula is H3Fe4NiS4-2. The fraction of sp³-hybridized carbons (Fsp3) is 0. The quantitative estimate of drug-likeness (QED) is 0.289. The van der Waals surface area contributed by atoms with Gasteiger partial charge in [0.1, 0.15) is 0 Å². The topological polar surface area (TPSA) is 0 Å². The molecule has 0 saturated carbocycles. The van der Waals surface area contributed by atoms with Crippen LogP contribution < -0.4 is 0 Å². The van der Waals surface area contributed by atoms with Gasteiger partial charge < -0.3 is 54.0 Å². The minimum absolute atomic E-state index is 0. The Morgan fingerprint density at radius 1 is 0.556 bits per heavy atom. The third-order valence-corrected chi connectivity index (χ3v) is 0. The molecule has 0 aromatic carbocycles. The second kappa shape index (κ2) is 91.4. The Bertz CT molecular complexity index is 12.5. The summed E-state index contributed by atoms with van der Waals surface area (Å²) in [5, 5.41) is 0. The maximum absolute atomic E-state index is 0. The smallest absolute Gasteiger partial charge is 1.00 e. The molecule has 9 heavy (non-hydrogen) atoms. The SMILES string of the molecule is [Fe+2].[Fe].[Fe].[Fe].[Ni].[S-].[SH-].[SH-].[SH-]. The second-order valence-electron chi connectivity index (χ2n) is 0. The van der Waals surface area contributed by atoms with Crippen LogP contribution in [0.5, 0.6) is 0 Å². The Morgan fingerprint density at radius 2 is 0.556 bits per heavy atom. The monoisotopic (exact) mass is 413 g/mol. The maximum atomic E-state index is 0. The molecule has 0 aromatic heterocycles. The summed E-state index contributed by atoms with van der Waals surface area (Å²) in [4.78, 5) is 0. The van der Waals surface area contributed by atoms with Crippen LogP contribution in [0.4, 0.5) is 0 Å². The molecule has 1 radical (unpaired) electrons. The Morgan fingerprint density at radius 3 is 0.556 bits per heavy atom. The number of thiol groups is 3. The zero-order valence-electron chi connectivity index (χ0n) is 3.48. The van der Waals surface area contributed by atoms with Gasteiger partial charge in [0.15, 0.2) is 0 Å². The molecule has 0 bridgehead atoms. The maximum Gasteiger partial charge on any atom is 2.00 e. The van der Waals surface area contributed by atoms with E-state index in [0.29, 0.717) is 0 Å². The molecule has 0 spiro atoms. The molecule has 0 aliphatic heterocycles. The molecule has 0 N–H and O–H groups in total. The van der Waals surface area contributed by atoms with E-state index < -0.39 is 0 Å². The average Bonchev–Trinajstić information content (AvgIpc) is 0. The van der Waals surface area contributed by atoms with Crippen LogP contribution in [-0.2, 0) is 139 Å². The third-order valence-electron chi connectivity index (χ3n) is 0. The summed E-state index contributed by atoms with van der Waals surface area (Å²) < 4.78 is 0. The van der Waals surface area contributed by atoms with Gasteiger partial charge >= 0.3 is 17.1 Å². The van der Waals surface area contributed by atoms with E-state index >= 15 is 0 Å². The summed E-state index contributed by atoms with van der Waals surface area (Å²) in [5.74, 6) is 0. The van der Waals surface area contributed by atoms with Gasteiger partial charge in [-0.3, -0.25) is 0 Å². The first-order valence-corrected chi connectivity index (χ1v) is 0. The van der Waals surface area contributed by atoms with E-state index in [4.69, 9.17) is 0 Å².